The normalized spacial score (nSPS) is 9.27. The summed E-state index contributed by atoms with van der Waals surface area (Å²) in [6, 6.07) is 2.39. The van der Waals surface area contributed by atoms with Crippen molar-refractivity contribution < 1.29 is 8.78 Å². The third kappa shape index (κ3) is 1.20. The van der Waals surface area contributed by atoms with Crippen LogP contribution in [-0.4, -0.2) is 0 Å². The van der Waals surface area contributed by atoms with Crippen LogP contribution in [0.1, 0.15) is 5.56 Å². The van der Waals surface area contributed by atoms with Gasteiger partial charge in [0.15, 0.2) is 0 Å². The highest BCUT2D eigenvalue weighted by atomic mass is 19.1. The van der Waals surface area contributed by atoms with Crippen LogP contribution in [0.4, 0.5) is 14.5 Å². The molecule has 0 aliphatic rings. The van der Waals surface area contributed by atoms with Gasteiger partial charge in [0, 0.05) is 0 Å². The molecule has 56 valence electrons. The molecule has 0 amide bonds. The number of rotatable bonds is 0. The van der Waals surface area contributed by atoms with E-state index in [1.54, 1.807) is 0 Å². The summed E-state index contributed by atoms with van der Waals surface area (Å²) < 4.78 is 25.4. The fourth-order valence-electron chi connectivity index (χ4n) is 0.744. The Kier molecular flexibility index (Phi) is 1.86. The van der Waals surface area contributed by atoms with Gasteiger partial charge in [0.2, 0.25) is 0 Å². The SMILES string of the molecule is [C-]#[N+]c1c(F)ccc(C)c1F. The van der Waals surface area contributed by atoms with Gasteiger partial charge >= 0.3 is 0 Å². The zero-order valence-electron chi connectivity index (χ0n) is 5.86. The molecule has 0 radical (unpaired) electrons. The van der Waals surface area contributed by atoms with Gasteiger partial charge in [0.25, 0.3) is 5.69 Å². The monoisotopic (exact) mass is 153 g/mol. The van der Waals surface area contributed by atoms with Crippen molar-refractivity contribution in [1.82, 2.24) is 0 Å². The predicted molar refractivity (Wildman–Crippen MR) is 37.4 cm³/mol. The molecule has 11 heavy (non-hydrogen) atoms. The molecule has 0 bridgehead atoms. The lowest BCUT2D eigenvalue weighted by atomic mass is 10.2. The summed E-state index contributed by atoms with van der Waals surface area (Å²) in [6.07, 6.45) is 0. The molecule has 0 heterocycles. The van der Waals surface area contributed by atoms with Crippen molar-refractivity contribution in [1.29, 1.82) is 0 Å². The predicted octanol–water partition coefficient (Wildman–Crippen LogP) is 2.82. The van der Waals surface area contributed by atoms with Crippen molar-refractivity contribution in [2.24, 2.45) is 0 Å². The lowest BCUT2D eigenvalue weighted by Crippen LogP contribution is -1.84. The van der Waals surface area contributed by atoms with E-state index in [0.29, 0.717) is 0 Å². The maximum atomic E-state index is 12.8. The quantitative estimate of drug-likeness (QED) is 0.505. The zero-order chi connectivity index (χ0) is 8.43. The van der Waals surface area contributed by atoms with Gasteiger partial charge in [-0.25, -0.2) is 13.6 Å². The van der Waals surface area contributed by atoms with Gasteiger partial charge in [0.1, 0.15) is 11.6 Å². The number of hydrogen-bond donors (Lipinski definition) is 0. The second kappa shape index (κ2) is 2.67. The van der Waals surface area contributed by atoms with E-state index in [-0.39, 0.29) is 5.56 Å². The van der Waals surface area contributed by atoms with E-state index in [4.69, 9.17) is 6.57 Å². The molecule has 0 fully saturated rings. The average molecular weight is 153 g/mol. The van der Waals surface area contributed by atoms with Crippen LogP contribution in [0, 0.1) is 25.1 Å². The summed E-state index contributed by atoms with van der Waals surface area (Å²) in [5.41, 5.74) is -0.234. The molecule has 1 rings (SSSR count). The molecule has 3 heteroatoms. The molecule has 0 unspecified atom stereocenters. The Morgan fingerprint density at radius 1 is 1.36 bits per heavy atom. The highest BCUT2D eigenvalue weighted by Gasteiger charge is 2.09. The summed E-state index contributed by atoms with van der Waals surface area (Å²) in [4.78, 5) is 2.73. The van der Waals surface area contributed by atoms with E-state index in [1.807, 2.05) is 0 Å². The minimum Gasteiger partial charge on any atom is -0.232 e. The summed E-state index contributed by atoms with van der Waals surface area (Å²) in [6.45, 7) is 7.96. The van der Waals surface area contributed by atoms with Crippen molar-refractivity contribution in [2.75, 3.05) is 0 Å². The van der Waals surface area contributed by atoms with E-state index < -0.39 is 17.3 Å². The summed E-state index contributed by atoms with van der Waals surface area (Å²) in [5.74, 6) is -1.57. The number of hydrogen-bond acceptors (Lipinski definition) is 0. The second-order valence-electron chi connectivity index (χ2n) is 2.14. The number of nitrogens with zero attached hydrogens (tertiary/aromatic N) is 1. The molecule has 1 nitrogen and oxygen atoms in total. The van der Waals surface area contributed by atoms with Gasteiger partial charge in [-0.2, -0.15) is 0 Å². The van der Waals surface area contributed by atoms with Gasteiger partial charge in [-0.15, -0.1) is 0 Å². The minimum absolute atomic E-state index is 0.289. The van der Waals surface area contributed by atoms with Crippen molar-refractivity contribution in [2.45, 2.75) is 6.92 Å². The highest BCUT2D eigenvalue weighted by molar-refractivity contribution is 5.49. The van der Waals surface area contributed by atoms with Crippen molar-refractivity contribution in [3.63, 3.8) is 0 Å². The first-order valence-electron chi connectivity index (χ1n) is 2.99. The molecule has 0 atom stereocenters. The number of halogens is 2. The minimum atomic E-state index is -0.803. The molecular weight excluding hydrogens is 148 g/mol. The zero-order valence-corrected chi connectivity index (χ0v) is 5.86. The van der Waals surface area contributed by atoms with Crippen LogP contribution < -0.4 is 0 Å². The number of benzene rings is 1. The lowest BCUT2D eigenvalue weighted by Gasteiger charge is -1.97. The third-order valence-electron chi connectivity index (χ3n) is 1.37. The Labute approximate surface area is 63.1 Å². The molecule has 0 aliphatic carbocycles. The van der Waals surface area contributed by atoms with Crippen LogP contribution in [0.25, 0.3) is 4.85 Å². The smallest absolute Gasteiger partial charge is 0.232 e. The Hall–Kier alpha value is -1.43. The topological polar surface area (TPSA) is 4.36 Å². The van der Waals surface area contributed by atoms with Gasteiger partial charge in [-0.3, -0.25) is 0 Å². The first-order valence-corrected chi connectivity index (χ1v) is 2.99. The molecule has 1 aromatic rings. The first-order chi connectivity index (χ1) is 5.16. The Morgan fingerprint density at radius 3 is 2.45 bits per heavy atom. The fraction of sp³-hybridized carbons (Fsp3) is 0.125. The van der Waals surface area contributed by atoms with Crippen molar-refractivity contribution >= 4 is 5.69 Å². The Morgan fingerprint density at radius 2 is 2.00 bits per heavy atom. The van der Waals surface area contributed by atoms with Crippen LogP contribution in [-0.2, 0) is 0 Å². The van der Waals surface area contributed by atoms with Crippen LogP contribution in [0.5, 0.6) is 0 Å². The van der Waals surface area contributed by atoms with Gasteiger partial charge in [0.05, 0.1) is 6.57 Å². The van der Waals surface area contributed by atoms with Crippen LogP contribution >= 0.6 is 0 Å². The first kappa shape index (κ1) is 7.67. The maximum Gasteiger partial charge on any atom is 0.257 e. The summed E-state index contributed by atoms with van der Waals surface area (Å²) in [7, 11) is 0. The van der Waals surface area contributed by atoms with E-state index >= 15 is 0 Å². The third-order valence-corrected chi connectivity index (χ3v) is 1.37. The molecule has 0 N–H and O–H groups in total. The average Bonchev–Trinajstić information content (AvgIpc) is 1.99. The molecule has 0 aromatic heterocycles. The lowest BCUT2D eigenvalue weighted by molar-refractivity contribution is 0.588. The summed E-state index contributed by atoms with van der Waals surface area (Å²) in [5, 5.41) is 0. The van der Waals surface area contributed by atoms with Gasteiger partial charge in [-0.1, -0.05) is 6.07 Å². The molecule has 0 spiro atoms. The standard InChI is InChI=1S/C8H5F2N/c1-5-3-4-6(9)8(11-2)7(5)10/h3-4H,1H3. The molecule has 0 saturated heterocycles. The van der Waals surface area contributed by atoms with Gasteiger partial charge < -0.3 is 0 Å². The number of aryl methyl sites for hydroxylation is 1. The highest BCUT2D eigenvalue weighted by Crippen LogP contribution is 2.23. The van der Waals surface area contributed by atoms with Gasteiger partial charge in [-0.05, 0) is 18.6 Å². The molecule has 1 aromatic carbocycles. The van der Waals surface area contributed by atoms with Crippen molar-refractivity contribution in [3.8, 4) is 0 Å². The molecular formula is C8H5F2N. The van der Waals surface area contributed by atoms with E-state index in [2.05, 4.69) is 4.85 Å². The molecule has 0 aliphatic heterocycles. The summed E-state index contributed by atoms with van der Waals surface area (Å²) >= 11 is 0. The maximum absolute atomic E-state index is 12.8. The second-order valence-corrected chi connectivity index (χ2v) is 2.14. The largest absolute Gasteiger partial charge is 0.257 e. The van der Waals surface area contributed by atoms with Crippen molar-refractivity contribution in [3.05, 3.63) is 40.7 Å². The van der Waals surface area contributed by atoms with Crippen LogP contribution in [0.2, 0.25) is 0 Å². The Balaban J connectivity index is 3.44. The van der Waals surface area contributed by atoms with E-state index in [9.17, 15) is 8.78 Å². The molecule has 0 saturated carbocycles. The fourth-order valence-corrected chi connectivity index (χ4v) is 0.744. The van der Waals surface area contributed by atoms with Crippen LogP contribution in [0.3, 0.4) is 0 Å². The van der Waals surface area contributed by atoms with E-state index in [1.165, 1.54) is 13.0 Å². The van der Waals surface area contributed by atoms with Crippen LogP contribution in [0.15, 0.2) is 12.1 Å². The van der Waals surface area contributed by atoms with E-state index in [0.717, 1.165) is 6.07 Å². The Bertz CT molecular complexity index is 326.